The van der Waals surface area contributed by atoms with E-state index in [1.165, 1.54) is 6.07 Å². The maximum atomic E-state index is 12.6. The van der Waals surface area contributed by atoms with E-state index in [2.05, 4.69) is 0 Å². The second kappa shape index (κ2) is 5.92. The highest BCUT2D eigenvalue weighted by molar-refractivity contribution is 5.27. The zero-order valence-electron chi connectivity index (χ0n) is 10.6. The van der Waals surface area contributed by atoms with Crippen molar-refractivity contribution in [2.24, 2.45) is 11.7 Å². The first-order valence-electron chi connectivity index (χ1n) is 6.47. The van der Waals surface area contributed by atoms with E-state index in [0.717, 1.165) is 38.2 Å². The molecular weight excluding hydrogens is 255 g/mol. The Balaban J connectivity index is 2.04. The largest absolute Gasteiger partial charge is 0.416 e. The molecule has 2 N–H and O–H groups in total. The molecule has 2 nitrogen and oxygen atoms in total. The van der Waals surface area contributed by atoms with E-state index < -0.39 is 11.7 Å². The maximum absolute atomic E-state index is 12.6. The third-order valence-corrected chi connectivity index (χ3v) is 3.57. The van der Waals surface area contributed by atoms with E-state index in [9.17, 15) is 13.2 Å². The van der Waals surface area contributed by atoms with Gasteiger partial charge >= 0.3 is 6.18 Å². The smallest absolute Gasteiger partial charge is 0.381 e. The second-order valence-corrected chi connectivity index (χ2v) is 5.02. The van der Waals surface area contributed by atoms with Crippen LogP contribution in [0.15, 0.2) is 24.3 Å². The molecule has 1 unspecified atom stereocenters. The molecule has 0 bridgehead atoms. The van der Waals surface area contributed by atoms with E-state index in [0.29, 0.717) is 17.9 Å². The Hall–Kier alpha value is -1.07. The van der Waals surface area contributed by atoms with Crippen molar-refractivity contribution < 1.29 is 17.9 Å². The Labute approximate surface area is 110 Å². The Morgan fingerprint density at radius 2 is 1.95 bits per heavy atom. The molecule has 1 aromatic carbocycles. The summed E-state index contributed by atoms with van der Waals surface area (Å²) in [5.41, 5.74) is 5.95. The summed E-state index contributed by atoms with van der Waals surface area (Å²) in [5.74, 6) is 0.443. The van der Waals surface area contributed by atoms with Crippen molar-refractivity contribution in [2.75, 3.05) is 13.2 Å². The molecule has 0 aliphatic carbocycles. The summed E-state index contributed by atoms with van der Waals surface area (Å²) in [6.45, 7) is 1.44. The molecule has 0 saturated carbocycles. The van der Waals surface area contributed by atoms with Gasteiger partial charge in [0.25, 0.3) is 0 Å². The molecule has 1 heterocycles. The molecule has 0 radical (unpaired) electrons. The van der Waals surface area contributed by atoms with Crippen molar-refractivity contribution in [1.29, 1.82) is 0 Å². The zero-order valence-corrected chi connectivity index (χ0v) is 10.6. The fraction of sp³-hybridized carbons (Fsp3) is 0.571. The summed E-state index contributed by atoms with van der Waals surface area (Å²) < 4.78 is 43.2. The van der Waals surface area contributed by atoms with Gasteiger partial charge in [-0.3, -0.25) is 0 Å². The Morgan fingerprint density at radius 3 is 2.58 bits per heavy atom. The highest BCUT2D eigenvalue weighted by atomic mass is 19.4. The normalized spacial score (nSPS) is 19.4. The number of nitrogens with two attached hydrogens (primary N) is 1. The predicted octanol–water partition coefficient (Wildman–Crippen LogP) is 3.52. The molecule has 2 rings (SSSR count). The van der Waals surface area contributed by atoms with Gasteiger partial charge in [0, 0.05) is 19.3 Å². The molecule has 1 atom stereocenters. The lowest BCUT2D eigenvalue weighted by Crippen LogP contribution is -2.21. The van der Waals surface area contributed by atoms with Gasteiger partial charge < -0.3 is 10.5 Å². The minimum Gasteiger partial charge on any atom is -0.381 e. The van der Waals surface area contributed by atoms with Gasteiger partial charge in [-0.2, -0.15) is 13.2 Å². The van der Waals surface area contributed by atoms with Crippen LogP contribution in [0.4, 0.5) is 13.2 Å². The summed E-state index contributed by atoms with van der Waals surface area (Å²) in [5, 5.41) is 0. The van der Waals surface area contributed by atoms with Crippen molar-refractivity contribution in [3.8, 4) is 0 Å². The summed E-state index contributed by atoms with van der Waals surface area (Å²) in [7, 11) is 0. The number of ether oxygens (including phenoxy) is 1. The van der Waals surface area contributed by atoms with Crippen LogP contribution in [-0.4, -0.2) is 13.2 Å². The van der Waals surface area contributed by atoms with Crippen molar-refractivity contribution in [2.45, 2.75) is 31.5 Å². The molecule has 1 aromatic rings. The van der Waals surface area contributed by atoms with E-state index in [1.807, 2.05) is 0 Å². The van der Waals surface area contributed by atoms with Crippen LogP contribution >= 0.6 is 0 Å². The summed E-state index contributed by atoms with van der Waals surface area (Å²) in [6.07, 6.45) is -1.72. The molecule has 0 aromatic heterocycles. The van der Waals surface area contributed by atoms with Crippen LogP contribution in [0.3, 0.4) is 0 Å². The van der Waals surface area contributed by atoms with Gasteiger partial charge in [0.2, 0.25) is 0 Å². The van der Waals surface area contributed by atoms with E-state index in [1.54, 1.807) is 6.07 Å². The van der Waals surface area contributed by atoms with E-state index in [-0.39, 0.29) is 6.04 Å². The average Bonchev–Trinajstić information content (AvgIpc) is 2.39. The van der Waals surface area contributed by atoms with Crippen molar-refractivity contribution in [1.82, 2.24) is 0 Å². The topological polar surface area (TPSA) is 35.2 Å². The van der Waals surface area contributed by atoms with Gasteiger partial charge in [0.15, 0.2) is 0 Å². The van der Waals surface area contributed by atoms with Crippen molar-refractivity contribution in [3.05, 3.63) is 35.4 Å². The number of hydrogen-bond acceptors (Lipinski definition) is 2. The Morgan fingerprint density at radius 1 is 1.26 bits per heavy atom. The number of benzene rings is 1. The highest BCUT2D eigenvalue weighted by Gasteiger charge is 2.31. The summed E-state index contributed by atoms with van der Waals surface area (Å²) >= 11 is 0. The summed E-state index contributed by atoms with van der Waals surface area (Å²) in [6, 6.07) is 4.97. The molecule has 106 valence electrons. The lowest BCUT2D eigenvalue weighted by molar-refractivity contribution is -0.137. The van der Waals surface area contributed by atoms with Crippen LogP contribution in [0.25, 0.3) is 0 Å². The van der Waals surface area contributed by atoms with Gasteiger partial charge in [0.1, 0.15) is 0 Å². The first kappa shape index (κ1) is 14.3. The maximum Gasteiger partial charge on any atom is 0.416 e. The number of alkyl halides is 3. The number of halogens is 3. The molecule has 1 aliphatic rings. The third-order valence-electron chi connectivity index (χ3n) is 3.57. The standard InChI is InChI=1S/C14H18F3NO/c15-14(16,17)12-3-1-2-11(9-12)13(18)8-10-4-6-19-7-5-10/h1-3,9-10,13H,4-8,18H2. The molecule has 1 fully saturated rings. The Kier molecular flexibility index (Phi) is 4.47. The minimum atomic E-state index is -4.31. The molecule has 5 heteroatoms. The fourth-order valence-corrected chi connectivity index (χ4v) is 2.42. The van der Waals surface area contributed by atoms with Crippen LogP contribution in [0.2, 0.25) is 0 Å². The Bertz CT molecular complexity index is 413. The summed E-state index contributed by atoms with van der Waals surface area (Å²) in [4.78, 5) is 0. The van der Waals surface area contributed by atoms with Crippen molar-refractivity contribution >= 4 is 0 Å². The van der Waals surface area contributed by atoms with Crippen molar-refractivity contribution in [3.63, 3.8) is 0 Å². The minimum absolute atomic E-state index is 0.342. The molecule has 1 aliphatic heterocycles. The first-order valence-corrected chi connectivity index (χ1v) is 6.47. The zero-order chi connectivity index (χ0) is 13.9. The molecule has 0 amide bonds. The van der Waals surface area contributed by atoms with Gasteiger partial charge in [0.05, 0.1) is 5.56 Å². The number of hydrogen-bond donors (Lipinski definition) is 1. The van der Waals surface area contributed by atoms with Crippen LogP contribution in [-0.2, 0) is 10.9 Å². The van der Waals surface area contributed by atoms with Crippen LogP contribution < -0.4 is 5.73 Å². The molecule has 0 spiro atoms. The SMILES string of the molecule is NC(CC1CCOCC1)c1cccc(C(F)(F)F)c1. The monoisotopic (exact) mass is 273 g/mol. The molecule has 19 heavy (non-hydrogen) atoms. The second-order valence-electron chi connectivity index (χ2n) is 5.02. The molecular formula is C14H18F3NO. The number of rotatable bonds is 3. The van der Waals surface area contributed by atoms with Crippen LogP contribution in [0, 0.1) is 5.92 Å². The predicted molar refractivity (Wildman–Crippen MR) is 66.5 cm³/mol. The highest BCUT2D eigenvalue weighted by Crippen LogP contribution is 2.32. The van der Waals surface area contributed by atoms with Gasteiger partial charge in [-0.15, -0.1) is 0 Å². The van der Waals surface area contributed by atoms with Gasteiger partial charge in [-0.05, 0) is 42.9 Å². The lowest BCUT2D eigenvalue weighted by atomic mass is 9.89. The quantitative estimate of drug-likeness (QED) is 0.914. The van der Waals surface area contributed by atoms with Crippen LogP contribution in [0.1, 0.15) is 36.4 Å². The van der Waals surface area contributed by atoms with Crippen LogP contribution in [0.5, 0.6) is 0 Å². The van der Waals surface area contributed by atoms with Gasteiger partial charge in [-0.1, -0.05) is 12.1 Å². The van der Waals surface area contributed by atoms with Gasteiger partial charge in [-0.25, -0.2) is 0 Å². The lowest BCUT2D eigenvalue weighted by Gasteiger charge is -2.25. The van der Waals surface area contributed by atoms with E-state index >= 15 is 0 Å². The van der Waals surface area contributed by atoms with E-state index in [4.69, 9.17) is 10.5 Å². The first-order chi connectivity index (χ1) is 8.97. The fourth-order valence-electron chi connectivity index (χ4n) is 2.42. The average molecular weight is 273 g/mol. The molecule has 1 saturated heterocycles. The third kappa shape index (κ3) is 3.94.